The second-order valence-corrected chi connectivity index (χ2v) is 9.27. The van der Waals surface area contributed by atoms with Gasteiger partial charge in [-0.1, -0.05) is 18.6 Å². The summed E-state index contributed by atoms with van der Waals surface area (Å²) in [6.07, 6.45) is -3.01. The summed E-state index contributed by atoms with van der Waals surface area (Å²) in [5, 5.41) is 12.6. The summed E-state index contributed by atoms with van der Waals surface area (Å²) in [7, 11) is -3.60. The molecule has 6 nitrogen and oxygen atoms in total. The number of nitrogens with one attached hydrogen (secondary N) is 1. The van der Waals surface area contributed by atoms with Crippen LogP contribution < -0.4 is 5.32 Å². The van der Waals surface area contributed by atoms with Crippen molar-refractivity contribution in [3.63, 3.8) is 0 Å². The van der Waals surface area contributed by atoms with Crippen LogP contribution in [0.5, 0.6) is 0 Å². The van der Waals surface area contributed by atoms with Gasteiger partial charge in [-0.2, -0.15) is 17.5 Å². The van der Waals surface area contributed by atoms with E-state index in [1.807, 2.05) is 0 Å². The van der Waals surface area contributed by atoms with Gasteiger partial charge in [-0.3, -0.25) is 4.79 Å². The highest BCUT2D eigenvalue weighted by molar-refractivity contribution is 7.89. The molecule has 1 fully saturated rings. The van der Waals surface area contributed by atoms with Gasteiger partial charge in [0.25, 0.3) is 5.91 Å². The lowest BCUT2D eigenvalue weighted by atomic mass is 10.1. The van der Waals surface area contributed by atoms with Gasteiger partial charge in [0.15, 0.2) is 0 Å². The van der Waals surface area contributed by atoms with Crippen molar-refractivity contribution in [2.45, 2.75) is 36.4 Å². The van der Waals surface area contributed by atoms with Crippen molar-refractivity contribution in [3.05, 3.63) is 65.2 Å². The Hall–Kier alpha value is -2.43. The minimum Gasteiger partial charge on any atom is -0.387 e. The molecule has 2 aromatic carbocycles. The molecule has 0 bridgehead atoms. The van der Waals surface area contributed by atoms with Gasteiger partial charge in [0.2, 0.25) is 10.0 Å². The summed E-state index contributed by atoms with van der Waals surface area (Å²) >= 11 is 0. The van der Waals surface area contributed by atoms with Crippen LogP contribution in [0.4, 0.5) is 13.2 Å². The summed E-state index contributed by atoms with van der Waals surface area (Å²) in [6, 6.07) is 9.53. The van der Waals surface area contributed by atoms with Crippen LogP contribution in [0.2, 0.25) is 0 Å². The third-order valence-corrected chi connectivity index (χ3v) is 7.06. The number of rotatable bonds is 6. The van der Waals surface area contributed by atoms with Crippen molar-refractivity contribution in [1.29, 1.82) is 0 Å². The number of amides is 1. The highest BCUT2D eigenvalue weighted by atomic mass is 32.2. The Morgan fingerprint density at radius 2 is 1.58 bits per heavy atom. The van der Waals surface area contributed by atoms with Crippen LogP contribution in [0.1, 0.15) is 46.9 Å². The maximum atomic E-state index is 12.6. The van der Waals surface area contributed by atoms with Crippen molar-refractivity contribution < 1.29 is 31.5 Å². The lowest BCUT2D eigenvalue weighted by molar-refractivity contribution is -0.137. The average Bonchev–Trinajstić information content (AvgIpc) is 2.77. The third-order valence-electron chi connectivity index (χ3n) is 5.15. The number of benzene rings is 2. The number of halogens is 3. The van der Waals surface area contributed by atoms with Crippen LogP contribution in [0, 0.1) is 0 Å². The monoisotopic (exact) mass is 456 g/mol. The molecule has 0 spiro atoms. The van der Waals surface area contributed by atoms with Gasteiger partial charge in [0, 0.05) is 25.2 Å². The van der Waals surface area contributed by atoms with Gasteiger partial charge >= 0.3 is 6.18 Å². The first-order valence-corrected chi connectivity index (χ1v) is 11.3. The van der Waals surface area contributed by atoms with Gasteiger partial charge in [0.05, 0.1) is 16.6 Å². The molecule has 2 aromatic rings. The lowest BCUT2D eigenvalue weighted by Gasteiger charge is -2.25. The molecule has 168 valence electrons. The lowest BCUT2D eigenvalue weighted by Crippen LogP contribution is -2.35. The molecule has 0 saturated carbocycles. The number of aliphatic hydroxyl groups is 1. The van der Waals surface area contributed by atoms with E-state index < -0.39 is 33.8 Å². The van der Waals surface area contributed by atoms with Gasteiger partial charge < -0.3 is 10.4 Å². The summed E-state index contributed by atoms with van der Waals surface area (Å²) in [5.41, 5.74) is -0.388. The molecule has 10 heteroatoms. The molecular weight excluding hydrogens is 433 g/mol. The van der Waals surface area contributed by atoms with E-state index in [1.54, 1.807) is 0 Å². The number of sulfonamides is 1. The maximum absolute atomic E-state index is 12.6. The number of hydrogen-bond acceptors (Lipinski definition) is 4. The first-order chi connectivity index (χ1) is 14.6. The Kier molecular flexibility index (Phi) is 7.03. The van der Waals surface area contributed by atoms with Crippen molar-refractivity contribution >= 4 is 15.9 Å². The summed E-state index contributed by atoms with van der Waals surface area (Å²) in [4.78, 5) is 12.4. The number of nitrogens with zero attached hydrogens (tertiary/aromatic N) is 1. The molecule has 1 saturated heterocycles. The fraction of sp³-hybridized carbons (Fsp3) is 0.381. The number of carbonyl (C=O) groups excluding carboxylic acids is 1. The molecule has 1 atom stereocenters. The zero-order valence-corrected chi connectivity index (χ0v) is 17.4. The van der Waals surface area contributed by atoms with Gasteiger partial charge in [0.1, 0.15) is 0 Å². The van der Waals surface area contributed by atoms with E-state index in [0.29, 0.717) is 13.1 Å². The Labute approximate surface area is 178 Å². The summed E-state index contributed by atoms with van der Waals surface area (Å²) in [6.45, 7) is 0.747. The number of aliphatic hydroxyl groups excluding tert-OH is 1. The highest BCUT2D eigenvalue weighted by Crippen LogP contribution is 2.30. The average molecular weight is 456 g/mol. The number of alkyl halides is 3. The van der Waals surface area contributed by atoms with Crippen LogP contribution in [-0.2, 0) is 16.2 Å². The van der Waals surface area contributed by atoms with Crippen LogP contribution >= 0.6 is 0 Å². The zero-order chi connectivity index (χ0) is 22.6. The molecule has 31 heavy (non-hydrogen) atoms. The summed E-state index contributed by atoms with van der Waals surface area (Å²) < 4.78 is 64.6. The van der Waals surface area contributed by atoms with Gasteiger partial charge in [-0.15, -0.1) is 0 Å². The highest BCUT2D eigenvalue weighted by Gasteiger charge is 2.30. The molecule has 3 rings (SSSR count). The van der Waals surface area contributed by atoms with Crippen LogP contribution in [-0.4, -0.2) is 43.4 Å². The molecule has 1 aliphatic rings. The maximum Gasteiger partial charge on any atom is 0.416 e. The quantitative estimate of drug-likeness (QED) is 0.698. The first kappa shape index (κ1) is 23.2. The Morgan fingerprint density at radius 1 is 1.00 bits per heavy atom. The molecule has 0 aromatic heterocycles. The standard InChI is InChI=1S/C21H23F3N2O4S/c22-21(23,24)17-8-4-15(5-9-17)19(27)14-25-20(28)16-6-10-18(11-7-16)31(29,30)26-12-2-1-3-13-26/h4-11,19,27H,1-3,12-14H2,(H,25,28). The van der Waals surface area contributed by atoms with Crippen molar-refractivity contribution in [2.75, 3.05) is 19.6 Å². The normalized spacial score (nSPS) is 16.6. The molecule has 1 aliphatic heterocycles. The van der Waals surface area contributed by atoms with Gasteiger partial charge in [-0.25, -0.2) is 8.42 Å². The largest absolute Gasteiger partial charge is 0.416 e. The van der Waals surface area contributed by atoms with E-state index in [1.165, 1.54) is 28.6 Å². The Morgan fingerprint density at radius 3 is 2.13 bits per heavy atom. The first-order valence-electron chi connectivity index (χ1n) is 9.82. The second kappa shape index (κ2) is 9.37. The predicted octanol–water partition coefficient (Wildman–Crippen LogP) is 3.34. The SMILES string of the molecule is O=C(NCC(O)c1ccc(C(F)(F)F)cc1)c1ccc(S(=O)(=O)N2CCCCC2)cc1. The third kappa shape index (κ3) is 5.63. The number of hydrogen-bond donors (Lipinski definition) is 2. The Bertz CT molecular complexity index is 1000. The molecule has 1 heterocycles. The second-order valence-electron chi connectivity index (χ2n) is 7.33. The smallest absolute Gasteiger partial charge is 0.387 e. The Balaban J connectivity index is 1.59. The summed E-state index contributed by atoms with van der Waals surface area (Å²) in [5.74, 6) is -0.534. The van der Waals surface area contributed by atoms with Crippen molar-refractivity contribution in [1.82, 2.24) is 9.62 Å². The molecule has 1 unspecified atom stereocenters. The van der Waals surface area contributed by atoms with E-state index in [-0.39, 0.29) is 22.6 Å². The van der Waals surface area contributed by atoms with E-state index in [0.717, 1.165) is 43.5 Å². The number of piperidine rings is 1. The molecule has 0 radical (unpaired) electrons. The topological polar surface area (TPSA) is 86.7 Å². The fourth-order valence-electron chi connectivity index (χ4n) is 3.34. The molecule has 2 N–H and O–H groups in total. The van der Waals surface area contributed by atoms with Gasteiger partial charge in [-0.05, 0) is 54.8 Å². The van der Waals surface area contributed by atoms with E-state index in [2.05, 4.69) is 5.32 Å². The fourth-order valence-corrected chi connectivity index (χ4v) is 4.85. The molecule has 0 aliphatic carbocycles. The van der Waals surface area contributed by atoms with Crippen LogP contribution in [0.25, 0.3) is 0 Å². The minimum atomic E-state index is -4.47. The van der Waals surface area contributed by atoms with Crippen LogP contribution in [0.3, 0.4) is 0 Å². The minimum absolute atomic E-state index is 0.107. The van der Waals surface area contributed by atoms with Crippen molar-refractivity contribution in [3.8, 4) is 0 Å². The van der Waals surface area contributed by atoms with E-state index in [9.17, 15) is 31.5 Å². The van der Waals surface area contributed by atoms with Crippen molar-refractivity contribution in [2.24, 2.45) is 0 Å². The zero-order valence-electron chi connectivity index (χ0n) is 16.6. The van der Waals surface area contributed by atoms with E-state index >= 15 is 0 Å². The van der Waals surface area contributed by atoms with E-state index in [4.69, 9.17) is 0 Å². The predicted molar refractivity (Wildman–Crippen MR) is 108 cm³/mol. The number of carbonyl (C=O) groups is 1. The molecule has 1 amide bonds. The molecular formula is C21H23F3N2O4S. The van der Waals surface area contributed by atoms with Crippen LogP contribution in [0.15, 0.2) is 53.4 Å².